The van der Waals surface area contributed by atoms with Crippen LogP contribution in [0.3, 0.4) is 0 Å². The maximum Gasteiger partial charge on any atom is 0.323 e. The Bertz CT molecular complexity index is 389. The Kier molecular flexibility index (Phi) is 1.87. The van der Waals surface area contributed by atoms with Gasteiger partial charge in [-0.15, -0.1) is 0 Å². The summed E-state index contributed by atoms with van der Waals surface area (Å²) in [7, 11) is 1.79. The van der Waals surface area contributed by atoms with Crippen molar-refractivity contribution in [3.8, 4) is 0 Å². The molecule has 1 aliphatic rings. The van der Waals surface area contributed by atoms with Crippen LogP contribution in [-0.2, 0) is 21.4 Å². The number of rotatable bonds is 1. The summed E-state index contributed by atoms with van der Waals surface area (Å²) in [5.74, 6) is -1.47. The Labute approximate surface area is 80.7 Å². The highest BCUT2D eigenvalue weighted by atomic mass is 16.6. The molecule has 1 aliphatic heterocycles. The van der Waals surface area contributed by atoms with Crippen molar-refractivity contribution >= 4 is 11.9 Å². The molecule has 0 bridgehead atoms. The van der Waals surface area contributed by atoms with Gasteiger partial charge in [0.25, 0.3) is 0 Å². The first-order valence-electron chi connectivity index (χ1n) is 4.33. The van der Waals surface area contributed by atoms with E-state index in [4.69, 9.17) is 0 Å². The number of hydrogen-bond acceptors (Lipinski definition) is 4. The fraction of sp³-hybridized carbons (Fsp3) is 0.444. The quantitative estimate of drug-likeness (QED) is 0.476. The number of carbonyl (C=O) groups excluding carboxylic acids is 2. The smallest absolute Gasteiger partial charge is 0.323 e. The summed E-state index contributed by atoms with van der Waals surface area (Å²) >= 11 is 0. The molecule has 0 aliphatic carbocycles. The van der Waals surface area contributed by atoms with Crippen molar-refractivity contribution < 1.29 is 14.3 Å². The van der Waals surface area contributed by atoms with Crippen LogP contribution < -0.4 is 0 Å². The average Bonchev–Trinajstić information content (AvgIpc) is 2.57. The third-order valence-electron chi connectivity index (χ3n) is 2.36. The fourth-order valence-electron chi connectivity index (χ4n) is 1.46. The van der Waals surface area contributed by atoms with Gasteiger partial charge in [0.15, 0.2) is 0 Å². The number of aryl methyl sites for hydroxylation is 2. The second-order valence-corrected chi connectivity index (χ2v) is 3.38. The molecule has 1 saturated heterocycles. The van der Waals surface area contributed by atoms with Crippen LogP contribution in [0.5, 0.6) is 0 Å². The van der Waals surface area contributed by atoms with E-state index in [1.807, 2.05) is 6.92 Å². The summed E-state index contributed by atoms with van der Waals surface area (Å²) in [6.45, 7) is 1.89. The van der Waals surface area contributed by atoms with E-state index in [0.29, 0.717) is 5.69 Å². The van der Waals surface area contributed by atoms with Crippen molar-refractivity contribution in [2.75, 3.05) is 0 Å². The van der Waals surface area contributed by atoms with Crippen LogP contribution in [0.4, 0.5) is 0 Å². The molecule has 5 nitrogen and oxygen atoms in total. The molecule has 74 valence electrons. The van der Waals surface area contributed by atoms with Crippen molar-refractivity contribution in [1.29, 1.82) is 0 Å². The second kappa shape index (κ2) is 2.94. The molecular weight excluding hydrogens is 184 g/mol. The predicted octanol–water partition coefficient (Wildman–Crippen LogP) is 0.286. The highest BCUT2D eigenvalue weighted by molar-refractivity contribution is 5.97. The summed E-state index contributed by atoms with van der Waals surface area (Å²) in [5, 5.41) is 4.14. The summed E-state index contributed by atoms with van der Waals surface area (Å²) < 4.78 is 6.12. The zero-order valence-corrected chi connectivity index (χ0v) is 7.98. The molecule has 14 heavy (non-hydrogen) atoms. The topological polar surface area (TPSA) is 61.2 Å². The molecule has 5 heteroatoms. The summed E-state index contributed by atoms with van der Waals surface area (Å²) in [6.07, 6.45) is 0.106. The number of cyclic esters (lactones) is 2. The van der Waals surface area contributed by atoms with Crippen molar-refractivity contribution in [3.63, 3.8) is 0 Å². The van der Waals surface area contributed by atoms with E-state index >= 15 is 0 Å². The SMILES string of the molecule is Cc1cc(C2CC(=O)OC2=O)nn1C. The lowest BCUT2D eigenvalue weighted by atomic mass is 10.0. The Morgan fingerprint density at radius 2 is 2.29 bits per heavy atom. The molecule has 1 unspecified atom stereocenters. The van der Waals surface area contributed by atoms with Crippen LogP contribution in [0, 0.1) is 6.92 Å². The van der Waals surface area contributed by atoms with E-state index in [9.17, 15) is 9.59 Å². The number of ether oxygens (including phenoxy) is 1. The number of aromatic nitrogens is 2. The predicted molar refractivity (Wildman–Crippen MR) is 46.4 cm³/mol. The lowest BCUT2D eigenvalue weighted by Gasteiger charge is -1.97. The maximum absolute atomic E-state index is 11.2. The molecule has 1 aromatic heterocycles. The van der Waals surface area contributed by atoms with E-state index in [-0.39, 0.29) is 6.42 Å². The van der Waals surface area contributed by atoms with Gasteiger partial charge in [-0.2, -0.15) is 5.10 Å². The molecule has 2 rings (SSSR count). The number of carbonyl (C=O) groups is 2. The molecule has 0 radical (unpaired) electrons. The molecule has 0 saturated carbocycles. The maximum atomic E-state index is 11.2. The lowest BCUT2D eigenvalue weighted by molar-refractivity contribution is -0.152. The minimum absolute atomic E-state index is 0.106. The normalized spacial score (nSPS) is 21.4. The zero-order chi connectivity index (χ0) is 10.3. The van der Waals surface area contributed by atoms with Gasteiger partial charge in [0, 0.05) is 12.7 Å². The molecule has 1 atom stereocenters. The number of esters is 2. The third-order valence-corrected chi connectivity index (χ3v) is 2.36. The van der Waals surface area contributed by atoms with E-state index in [1.165, 1.54) is 0 Å². The van der Waals surface area contributed by atoms with Crippen LogP contribution >= 0.6 is 0 Å². The van der Waals surface area contributed by atoms with Crippen LogP contribution in [0.15, 0.2) is 6.07 Å². The molecule has 0 amide bonds. The Morgan fingerprint density at radius 3 is 2.71 bits per heavy atom. The minimum Gasteiger partial charge on any atom is -0.393 e. The highest BCUT2D eigenvalue weighted by Crippen LogP contribution is 2.26. The second-order valence-electron chi connectivity index (χ2n) is 3.38. The van der Waals surface area contributed by atoms with Gasteiger partial charge in [0.05, 0.1) is 12.1 Å². The third kappa shape index (κ3) is 1.30. The van der Waals surface area contributed by atoms with Crippen molar-refractivity contribution in [2.24, 2.45) is 7.05 Å². The first kappa shape index (κ1) is 8.93. The van der Waals surface area contributed by atoms with Crippen molar-refractivity contribution in [3.05, 3.63) is 17.5 Å². The van der Waals surface area contributed by atoms with Crippen LogP contribution in [0.1, 0.15) is 23.7 Å². The number of hydrogen-bond donors (Lipinski definition) is 0. The van der Waals surface area contributed by atoms with Gasteiger partial charge in [-0.05, 0) is 13.0 Å². The lowest BCUT2D eigenvalue weighted by Crippen LogP contribution is -2.06. The van der Waals surface area contributed by atoms with Crippen LogP contribution in [-0.4, -0.2) is 21.7 Å². The Balaban J connectivity index is 2.31. The Morgan fingerprint density at radius 1 is 1.57 bits per heavy atom. The van der Waals surface area contributed by atoms with Crippen LogP contribution in [0.2, 0.25) is 0 Å². The number of nitrogens with zero attached hydrogens (tertiary/aromatic N) is 2. The summed E-state index contributed by atoms with van der Waals surface area (Å²) in [4.78, 5) is 22.1. The first-order valence-corrected chi connectivity index (χ1v) is 4.33. The molecule has 2 heterocycles. The van der Waals surface area contributed by atoms with Gasteiger partial charge in [-0.25, -0.2) is 0 Å². The minimum atomic E-state index is -0.512. The van der Waals surface area contributed by atoms with Gasteiger partial charge < -0.3 is 4.74 Å². The van der Waals surface area contributed by atoms with E-state index in [0.717, 1.165) is 5.69 Å². The van der Waals surface area contributed by atoms with Gasteiger partial charge in [0.2, 0.25) is 0 Å². The fourth-order valence-corrected chi connectivity index (χ4v) is 1.46. The average molecular weight is 194 g/mol. The molecule has 0 N–H and O–H groups in total. The van der Waals surface area contributed by atoms with Gasteiger partial charge >= 0.3 is 11.9 Å². The van der Waals surface area contributed by atoms with Gasteiger partial charge in [0.1, 0.15) is 5.92 Å². The molecular formula is C9H10N2O3. The highest BCUT2D eigenvalue weighted by Gasteiger charge is 2.36. The van der Waals surface area contributed by atoms with E-state index in [1.54, 1.807) is 17.8 Å². The van der Waals surface area contributed by atoms with Crippen molar-refractivity contribution in [2.45, 2.75) is 19.3 Å². The van der Waals surface area contributed by atoms with Crippen LogP contribution in [0.25, 0.3) is 0 Å². The zero-order valence-electron chi connectivity index (χ0n) is 7.98. The molecule has 1 fully saturated rings. The molecule has 0 aromatic carbocycles. The Hall–Kier alpha value is -1.65. The monoisotopic (exact) mass is 194 g/mol. The van der Waals surface area contributed by atoms with E-state index in [2.05, 4.69) is 9.84 Å². The summed E-state index contributed by atoms with van der Waals surface area (Å²) in [5.41, 5.74) is 1.56. The van der Waals surface area contributed by atoms with E-state index < -0.39 is 17.9 Å². The summed E-state index contributed by atoms with van der Waals surface area (Å²) in [6, 6.07) is 1.80. The standard InChI is InChI=1S/C9H10N2O3/c1-5-3-7(10-11(5)2)6-4-8(12)14-9(6)13/h3,6H,4H2,1-2H3. The first-order chi connectivity index (χ1) is 6.58. The van der Waals surface area contributed by atoms with Crippen molar-refractivity contribution in [1.82, 2.24) is 9.78 Å². The molecule has 0 spiro atoms. The van der Waals surface area contributed by atoms with Gasteiger partial charge in [-0.3, -0.25) is 14.3 Å². The molecule has 1 aromatic rings. The van der Waals surface area contributed by atoms with Gasteiger partial charge in [-0.1, -0.05) is 0 Å². The largest absolute Gasteiger partial charge is 0.393 e.